The van der Waals surface area contributed by atoms with Gasteiger partial charge < -0.3 is 19.2 Å². The van der Waals surface area contributed by atoms with Crippen molar-refractivity contribution < 1.29 is 23.4 Å². The van der Waals surface area contributed by atoms with E-state index < -0.39 is 18.0 Å². The molecule has 4 rings (SSSR count). The summed E-state index contributed by atoms with van der Waals surface area (Å²) in [5.74, 6) is 0.222. The van der Waals surface area contributed by atoms with Crippen molar-refractivity contribution in [3.05, 3.63) is 47.1 Å². The van der Waals surface area contributed by atoms with Crippen LogP contribution in [0.2, 0.25) is 5.22 Å². The molecule has 0 spiro atoms. The van der Waals surface area contributed by atoms with E-state index in [4.69, 9.17) is 25.9 Å². The van der Waals surface area contributed by atoms with E-state index in [1.165, 1.54) is 11.0 Å². The van der Waals surface area contributed by atoms with E-state index in [2.05, 4.69) is 5.10 Å². The maximum atomic E-state index is 14.7. The highest BCUT2D eigenvalue weighted by atomic mass is 35.5. The van der Waals surface area contributed by atoms with Gasteiger partial charge in [-0.3, -0.25) is 9.91 Å². The number of carbonyl (C=O) groups excluding carboxylic acids is 1. The monoisotopic (exact) mass is 408 g/mol. The topological polar surface area (TPSA) is 81.8 Å². The molecule has 1 N–H and O–H groups in total. The lowest BCUT2D eigenvalue weighted by atomic mass is 10.2. The van der Waals surface area contributed by atoms with E-state index in [0.717, 1.165) is 0 Å². The minimum absolute atomic E-state index is 0.186. The largest absolute Gasteiger partial charge is 0.448 e. The molecule has 8 nitrogen and oxygen atoms in total. The molecule has 0 bridgehead atoms. The maximum absolute atomic E-state index is 14.7. The minimum atomic E-state index is -0.598. The molecule has 2 aliphatic rings. The summed E-state index contributed by atoms with van der Waals surface area (Å²) in [4.78, 5) is 14.8. The van der Waals surface area contributed by atoms with Gasteiger partial charge in [-0.15, -0.1) is 0 Å². The lowest BCUT2D eigenvalue weighted by molar-refractivity contribution is 0.0963. The molecular weight excluding hydrogens is 391 g/mol. The number of benzene rings is 1. The Morgan fingerprint density at radius 1 is 1.29 bits per heavy atom. The van der Waals surface area contributed by atoms with E-state index in [9.17, 15) is 9.18 Å². The Morgan fingerprint density at radius 3 is 2.75 bits per heavy atom. The summed E-state index contributed by atoms with van der Waals surface area (Å²) in [7, 11) is 0. The molecule has 28 heavy (non-hydrogen) atoms. The molecule has 2 aromatic rings. The number of rotatable bonds is 5. The first-order chi connectivity index (χ1) is 13.5. The number of halogens is 2. The van der Waals surface area contributed by atoms with Crippen LogP contribution in [0.15, 0.2) is 39.9 Å². The molecule has 148 valence electrons. The normalized spacial score (nSPS) is 19.5. The van der Waals surface area contributed by atoms with Crippen molar-refractivity contribution in [2.75, 3.05) is 36.0 Å². The van der Waals surface area contributed by atoms with Gasteiger partial charge in [-0.05, 0) is 41.9 Å². The third-order valence-electron chi connectivity index (χ3n) is 4.55. The lowest BCUT2D eigenvalue weighted by Gasteiger charge is -2.30. The van der Waals surface area contributed by atoms with Gasteiger partial charge in [0.2, 0.25) is 0 Å². The zero-order valence-electron chi connectivity index (χ0n) is 14.8. The number of hydrogen-bond donors (Lipinski definition) is 1. The van der Waals surface area contributed by atoms with Gasteiger partial charge in [0, 0.05) is 6.54 Å². The van der Waals surface area contributed by atoms with E-state index in [-0.39, 0.29) is 13.2 Å². The maximum Gasteiger partial charge on any atom is 0.414 e. The SMILES string of the molecule is O=C1O[C@@H](CO)CN1c1ccc(N2C=NN(Cc3ccc(Cl)o3)CC2)c(F)c1. The van der Waals surface area contributed by atoms with Crippen LogP contribution in [0, 0.1) is 5.82 Å². The van der Waals surface area contributed by atoms with Crippen LogP contribution >= 0.6 is 11.6 Å². The van der Waals surface area contributed by atoms with Crippen LogP contribution in [0.3, 0.4) is 0 Å². The van der Waals surface area contributed by atoms with Gasteiger partial charge in [-0.1, -0.05) is 0 Å². The molecule has 0 unspecified atom stereocenters. The fourth-order valence-corrected chi connectivity index (χ4v) is 3.28. The Balaban J connectivity index is 1.44. The molecule has 1 saturated heterocycles. The van der Waals surface area contributed by atoms with Crippen molar-refractivity contribution in [3.63, 3.8) is 0 Å². The molecule has 0 aliphatic carbocycles. The first kappa shape index (κ1) is 18.6. The van der Waals surface area contributed by atoms with Gasteiger partial charge in [0.25, 0.3) is 0 Å². The Hall–Kier alpha value is -2.78. The number of ether oxygens (including phenoxy) is 1. The van der Waals surface area contributed by atoms with Crippen LogP contribution in [0.1, 0.15) is 5.76 Å². The molecule has 0 radical (unpaired) electrons. The number of hydrazone groups is 1. The number of furan rings is 1. The average molecular weight is 409 g/mol. The molecular formula is C18H18ClFN4O4. The number of anilines is 2. The summed E-state index contributed by atoms with van der Waals surface area (Å²) in [6.07, 6.45) is 0.358. The van der Waals surface area contributed by atoms with Crippen LogP contribution in [0.25, 0.3) is 0 Å². The quantitative estimate of drug-likeness (QED) is 0.819. The molecule has 2 aliphatic heterocycles. The van der Waals surface area contributed by atoms with Gasteiger partial charge in [-0.2, -0.15) is 5.10 Å². The van der Waals surface area contributed by atoms with Gasteiger partial charge >= 0.3 is 6.09 Å². The van der Waals surface area contributed by atoms with Gasteiger partial charge in [-0.25, -0.2) is 9.18 Å². The van der Waals surface area contributed by atoms with Crippen molar-refractivity contribution in [3.8, 4) is 0 Å². The number of cyclic esters (lactones) is 1. The van der Waals surface area contributed by atoms with Crippen molar-refractivity contribution in [1.82, 2.24) is 5.01 Å². The summed E-state index contributed by atoms with van der Waals surface area (Å²) in [5, 5.41) is 15.6. The van der Waals surface area contributed by atoms with E-state index in [0.29, 0.717) is 42.0 Å². The number of carbonyl (C=O) groups is 1. The molecule has 1 aromatic carbocycles. The Morgan fingerprint density at radius 2 is 2.14 bits per heavy atom. The second-order valence-corrected chi connectivity index (χ2v) is 6.83. The van der Waals surface area contributed by atoms with E-state index >= 15 is 0 Å². The fourth-order valence-electron chi connectivity index (χ4n) is 3.12. The number of amides is 1. The fraction of sp³-hybridized carbons (Fsp3) is 0.333. The van der Waals surface area contributed by atoms with Crippen LogP contribution in [0.5, 0.6) is 0 Å². The van der Waals surface area contributed by atoms with Crippen molar-refractivity contribution in [2.24, 2.45) is 5.10 Å². The molecule has 0 saturated carbocycles. The second kappa shape index (κ2) is 7.69. The van der Waals surface area contributed by atoms with Crippen molar-refractivity contribution in [1.29, 1.82) is 0 Å². The van der Waals surface area contributed by atoms with Crippen LogP contribution < -0.4 is 9.80 Å². The average Bonchev–Trinajstić information content (AvgIpc) is 3.27. The van der Waals surface area contributed by atoms with Gasteiger partial charge in [0.15, 0.2) is 5.22 Å². The number of aliphatic hydroxyl groups is 1. The highest BCUT2D eigenvalue weighted by Gasteiger charge is 2.32. The van der Waals surface area contributed by atoms with Gasteiger partial charge in [0.05, 0.1) is 37.6 Å². The van der Waals surface area contributed by atoms with E-state index in [1.54, 1.807) is 40.5 Å². The number of nitrogens with zero attached hydrogens (tertiary/aromatic N) is 4. The Labute approximate surface area is 165 Å². The summed E-state index contributed by atoms with van der Waals surface area (Å²) in [6, 6.07) is 7.98. The Bertz CT molecular complexity index is 905. The summed E-state index contributed by atoms with van der Waals surface area (Å²) >= 11 is 5.77. The van der Waals surface area contributed by atoms with Crippen molar-refractivity contribution in [2.45, 2.75) is 12.6 Å². The highest BCUT2D eigenvalue weighted by molar-refractivity contribution is 6.28. The zero-order chi connectivity index (χ0) is 19.7. The first-order valence-electron chi connectivity index (χ1n) is 8.72. The third-order valence-corrected chi connectivity index (χ3v) is 4.75. The summed E-state index contributed by atoms with van der Waals surface area (Å²) < 4.78 is 25.0. The predicted molar refractivity (Wildman–Crippen MR) is 101 cm³/mol. The second-order valence-electron chi connectivity index (χ2n) is 6.45. The molecule has 1 amide bonds. The summed E-state index contributed by atoms with van der Waals surface area (Å²) in [6.45, 7) is 1.50. The van der Waals surface area contributed by atoms with Crippen molar-refractivity contribution >= 4 is 35.4 Å². The molecule has 1 aromatic heterocycles. The number of hydrogen-bond acceptors (Lipinski definition) is 7. The lowest BCUT2D eigenvalue weighted by Crippen LogP contribution is -2.38. The highest BCUT2D eigenvalue weighted by Crippen LogP contribution is 2.28. The summed E-state index contributed by atoms with van der Waals surface area (Å²) in [5.41, 5.74) is 0.743. The molecule has 10 heteroatoms. The molecule has 1 atom stereocenters. The van der Waals surface area contributed by atoms with Crippen LogP contribution in [-0.2, 0) is 11.3 Å². The zero-order valence-corrected chi connectivity index (χ0v) is 15.5. The third kappa shape index (κ3) is 3.76. The first-order valence-corrected chi connectivity index (χ1v) is 9.10. The molecule has 1 fully saturated rings. The molecule has 3 heterocycles. The van der Waals surface area contributed by atoms with E-state index in [1.807, 2.05) is 0 Å². The smallest absolute Gasteiger partial charge is 0.414 e. The predicted octanol–water partition coefficient (Wildman–Crippen LogP) is 2.66. The van der Waals surface area contributed by atoms with Crippen LogP contribution in [-0.4, -0.2) is 54.9 Å². The van der Waals surface area contributed by atoms with Crippen LogP contribution in [0.4, 0.5) is 20.6 Å². The van der Waals surface area contributed by atoms with Gasteiger partial charge in [0.1, 0.15) is 24.0 Å². The number of aliphatic hydroxyl groups excluding tert-OH is 1. The Kier molecular flexibility index (Phi) is 5.10. The standard InChI is InChI=1S/C18H18ClFN4O4/c19-17-4-2-13(27-17)8-23-6-5-22(11-21-23)16-3-1-12(7-15(16)20)24-9-14(10-25)28-18(24)26/h1-4,7,11,14,25H,5-6,8-10H2/t14-/m1/s1. The minimum Gasteiger partial charge on any atom is -0.448 e.